The van der Waals surface area contributed by atoms with E-state index in [4.69, 9.17) is 10.00 Å². The van der Waals surface area contributed by atoms with Crippen molar-refractivity contribution in [2.24, 2.45) is 0 Å². The van der Waals surface area contributed by atoms with Crippen LogP contribution in [0.1, 0.15) is 12.1 Å². The Morgan fingerprint density at radius 2 is 2.17 bits per heavy atom. The van der Waals surface area contributed by atoms with Crippen molar-refractivity contribution < 1.29 is 4.74 Å². The summed E-state index contributed by atoms with van der Waals surface area (Å²) in [4.78, 5) is 16.8. The van der Waals surface area contributed by atoms with Crippen molar-refractivity contribution in [3.05, 3.63) is 36.4 Å². The van der Waals surface area contributed by atoms with Crippen LogP contribution in [0.4, 0.5) is 11.6 Å². The standard InChI is InChI=1S/C16H18N6O/c1-21(2)16-14(4-3-6-18-16)23-13-5-7-22(11-13)15-10-19-12(8-17)9-20-15/h3-4,6,9-10,13H,5,7,11H2,1-2H3. The van der Waals surface area contributed by atoms with Crippen molar-refractivity contribution in [2.45, 2.75) is 12.5 Å². The largest absolute Gasteiger partial charge is 0.485 e. The topological polar surface area (TPSA) is 78.2 Å². The Kier molecular flexibility index (Phi) is 4.24. The lowest BCUT2D eigenvalue weighted by molar-refractivity contribution is 0.225. The molecule has 0 amide bonds. The molecular weight excluding hydrogens is 292 g/mol. The molecule has 0 radical (unpaired) electrons. The van der Waals surface area contributed by atoms with Gasteiger partial charge in [-0.15, -0.1) is 0 Å². The van der Waals surface area contributed by atoms with Gasteiger partial charge in [-0.3, -0.25) is 0 Å². The van der Waals surface area contributed by atoms with E-state index in [9.17, 15) is 0 Å². The van der Waals surface area contributed by atoms with Gasteiger partial charge in [-0.25, -0.2) is 15.0 Å². The first-order chi connectivity index (χ1) is 11.2. The highest BCUT2D eigenvalue weighted by molar-refractivity contribution is 5.51. The molecule has 118 valence electrons. The van der Waals surface area contributed by atoms with Gasteiger partial charge in [0.1, 0.15) is 18.0 Å². The Hall–Kier alpha value is -2.88. The number of aromatic nitrogens is 3. The van der Waals surface area contributed by atoms with Gasteiger partial charge in [0.05, 0.1) is 18.9 Å². The van der Waals surface area contributed by atoms with Crippen LogP contribution in [0.2, 0.25) is 0 Å². The van der Waals surface area contributed by atoms with Crippen molar-refractivity contribution in [3.63, 3.8) is 0 Å². The van der Waals surface area contributed by atoms with E-state index in [0.717, 1.165) is 36.9 Å². The molecule has 0 bridgehead atoms. The van der Waals surface area contributed by atoms with Crippen LogP contribution in [0.25, 0.3) is 0 Å². The van der Waals surface area contributed by atoms with Crippen LogP contribution in [-0.4, -0.2) is 48.2 Å². The fraction of sp³-hybridized carbons (Fsp3) is 0.375. The third-order valence-corrected chi connectivity index (χ3v) is 3.69. The van der Waals surface area contributed by atoms with Crippen molar-refractivity contribution in [2.75, 3.05) is 37.0 Å². The van der Waals surface area contributed by atoms with Gasteiger partial charge in [-0.2, -0.15) is 5.26 Å². The first kappa shape index (κ1) is 15.0. The molecule has 1 saturated heterocycles. The summed E-state index contributed by atoms with van der Waals surface area (Å²) in [6.45, 7) is 1.59. The molecule has 1 fully saturated rings. The number of ether oxygens (including phenoxy) is 1. The minimum atomic E-state index is 0.0790. The number of hydrogen-bond donors (Lipinski definition) is 0. The molecule has 1 aliphatic heterocycles. The molecule has 3 rings (SSSR count). The van der Waals surface area contributed by atoms with E-state index in [0.29, 0.717) is 5.69 Å². The van der Waals surface area contributed by atoms with E-state index in [1.54, 1.807) is 12.4 Å². The lowest BCUT2D eigenvalue weighted by atomic mass is 10.3. The molecule has 0 saturated carbocycles. The van der Waals surface area contributed by atoms with Gasteiger partial charge in [-0.05, 0) is 12.1 Å². The zero-order chi connectivity index (χ0) is 16.2. The molecule has 0 spiro atoms. The second kappa shape index (κ2) is 6.48. The van der Waals surface area contributed by atoms with Crippen LogP contribution in [0.3, 0.4) is 0 Å². The van der Waals surface area contributed by atoms with Crippen molar-refractivity contribution >= 4 is 11.6 Å². The fourth-order valence-corrected chi connectivity index (χ4v) is 2.56. The monoisotopic (exact) mass is 310 g/mol. The Morgan fingerprint density at radius 1 is 1.30 bits per heavy atom. The number of anilines is 2. The summed E-state index contributed by atoms with van der Waals surface area (Å²) in [7, 11) is 3.89. The Bertz CT molecular complexity index is 709. The van der Waals surface area contributed by atoms with Gasteiger partial charge >= 0.3 is 0 Å². The number of pyridine rings is 1. The summed E-state index contributed by atoms with van der Waals surface area (Å²) >= 11 is 0. The molecule has 0 aliphatic carbocycles. The molecule has 7 heteroatoms. The van der Waals surface area contributed by atoms with Crippen molar-refractivity contribution in [1.82, 2.24) is 15.0 Å². The SMILES string of the molecule is CN(C)c1ncccc1OC1CCN(c2cnc(C#N)cn2)C1. The number of nitrogens with zero attached hydrogens (tertiary/aromatic N) is 6. The van der Waals surface area contributed by atoms with E-state index >= 15 is 0 Å². The molecule has 0 N–H and O–H groups in total. The summed E-state index contributed by atoms with van der Waals surface area (Å²) in [6.07, 6.45) is 5.87. The van der Waals surface area contributed by atoms with Crippen molar-refractivity contribution in [1.29, 1.82) is 5.26 Å². The van der Waals surface area contributed by atoms with Crippen LogP contribution in [0.5, 0.6) is 5.75 Å². The first-order valence-corrected chi connectivity index (χ1v) is 7.43. The molecule has 3 heterocycles. The highest BCUT2D eigenvalue weighted by Gasteiger charge is 2.26. The Labute approximate surface area is 135 Å². The van der Waals surface area contributed by atoms with Crippen LogP contribution in [-0.2, 0) is 0 Å². The Morgan fingerprint density at radius 3 is 2.87 bits per heavy atom. The quantitative estimate of drug-likeness (QED) is 0.846. The molecule has 2 aromatic rings. The minimum absolute atomic E-state index is 0.0790. The number of rotatable bonds is 4. The van der Waals surface area contributed by atoms with E-state index < -0.39 is 0 Å². The third kappa shape index (κ3) is 3.31. The van der Waals surface area contributed by atoms with Crippen LogP contribution in [0, 0.1) is 11.3 Å². The summed E-state index contributed by atoms with van der Waals surface area (Å²) < 4.78 is 6.12. The lowest BCUT2D eigenvalue weighted by Crippen LogP contribution is -2.26. The fourth-order valence-electron chi connectivity index (χ4n) is 2.56. The maximum atomic E-state index is 8.77. The number of nitriles is 1. The van der Waals surface area contributed by atoms with Gasteiger partial charge in [0.2, 0.25) is 0 Å². The number of hydrogen-bond acceptors (Lipinski definition) is 7. The highest BCUT2D eigenvalue weighted by Crippen LogP contribution is 2.27. The van der Waals surface area contributed by atoms with E-state index in [1.807, 2.05) is 37.2 Å². The molecule has 1 atom stereocenters. The lowest BCUT2D eigenvalue weighted by Gasteiger charge is -2.20. The summed E-state index contributed by atoms with van der Waals surface area (Å²) in [6, 6.07) is 5.79. The summed E-state index contributed by atoms with van der Waals surface area (Å²) in [5, 5.41) is 8.77. The molecule has 7 nitrogen and oxygen atoms in total. The summed E-state index contributed by atoms with van der Waals surface area (Å²) in [5.41, 5.74) is 0.326. The van der Waals surface area contributed by atoms with Gasteiger partial charge in [0, 0.05) is 33.3 Å². The zero-order valence-electron chi connectivity index (χ0n) is 13.2. The minimum Gasteiger partial charge on any atom is -0.485 e. The molecule has 1 aliphatic rings. The van der Waals surface area contributed by atoms with Gasteiger partial charge in [0.15, 0.2) is 17.3 Å². The highest BCUT2D eigenvalue weighted by atomic mass is 16.5. The maximum Gasteiger partial charge on any atom is 0.170 e. The first-order valence-electron chi connectivity index (χ1n) is 7.43. The van der Waals surface area contributed by atoms with Gasteiger partial charge < -0.3 is 14.5 Å². The third-order valence-electron chi connectivity index (χ3n) is 3.69. The van der Waals surface area contributed by atoms with Gasteiger partial charge in [-0.1, -0.05) is 0 Å². The van der Waals surface area contributed by atoms with Crippen LogP contribution < -0.4 is 14.5 Å². The zero-order valence-corrected chi connectivity index (χ0v) is 13.2. The average Bonchev–Trinajstić information content (AvgIpc) is 3.04. The average molecular weight is 310 g/mol. The predicted molar refractivity (Wildman–Crippen MR) is 86.6 cm³/mol. The Balaban J connectivity index is 1.67. The predicted octanol–water partition coefficient (Wildman–Crippen LogP) is 1.47. The molecule has 0 aromatic carbocycles. The van der Waals surface area contributed by atoms with Crippen LogP contribution in [0.15, 0.2) is 30.7 Å². The molecular formula is C16H18N6O. The van der Waals surface area contributed by atoms with E-state index in [2.05, 4.69) is 19.9 Å². The second-order valence-electron chi connectivity index (χ2n) is 5.57. The molecule has 2 aromatic heterocycles. The normalized spacial score (nSPS) is 16.9. The van der Waals surface area contributed by atoms with Crippen molar-refractivity contribution in [3.8, 4) is 11.8 Å². The summed E-state index contributed by atoms with van der Waals surface area (Å²) in [5.74, 6) is 2.38. The van der Waals surface area contributed by atoms with E-state index in [1.165, 1.54) is 6.20 Å². The van der Waals surface area contributed by atoms with E-state index in [-0.39, 0.29) is 6.10 Å². The maximum absolute atomic E-state index is 8.77. The molecule has 1 unspecified atom stereocenters. The second-order valence-corrected chi connectivity index (χ2v) is 5.57. The smallest absolute Gasteiger partial charge is 0.170 e. The molecule has 23 heavy (non-hydrogen) atoms. The van der Waals surface area contributed by atoms with Crippen LogP contribution >= 0.6 is 0 Å². The van der Waals surface area contributed by atoms with Gasteiger partial charge in [0.25, 0.3) is 0 Å².